The lowest BCUT2D eigenvalue weighted by Gasteiger charge is -2.37. The van der Waals surface area contributed by atoms with E-state index in [-0.39, 0.29) is 34.5 Å². The number of rotatable bonds is 3. The van der Waals surface area contributed by atoms with Crippen LogP contribution in [0, 0.1) is 16.0 Å². The molecule has 26 heavy (non-hydrogen) atoms. The molecule has 0 fully saturated rings. The minimum atomic E-state index is -0.368. The van der Waals surface area contributed by atoms with E-state index in [0.717, 1.165) is 17.7 Å². The average Bonchev–Trinajstić information content (AvgIpc) is 3.16. The number of benzene rings is 2. The molecule has 0 unspecified atom stereocenters. The normalized spacial score (nSPS) is 22.9. The van der Waals surface area contributed by atoms with E-state index in [4.69, 9.17) is 4.74 Å². The summed E-state index contributed by atoms with van der Waals surface area (Å²) in [6, 6.07) is 12.1. The molecule has 0 spiro atoms. The monoisotopic (exact) mass is 350 g/mol. The van der Waals surface area contributed by atoms with Gasteiger partial charge in [0, 0.05) is 17.7 Å². The van der Waals surface area contributed by atoms with Crippen molar-refractivity contribution >= 4 is 17.3 Å². The molecule has 3 atom stereocenters. The van der Waals surface area contributed by atoms with Crippen LogP contribution in [0.5, 0.6) is 0 Å². The van der Waals surface area contributed by atoms with Crippen LogP contribution in [0.25, 0.3) is 0 Å². The zero-order chi connectivity index (χ0) is 18.3. The Morgan fingerprint density at radius 1 is 1.23 bits per heavy atom. The molecule has 132 valence electrons. The average molecular weight is 350 g/mol. The van der Waals surface area contributed by atoms with Gasteiger partial charge in [0.1, 0.15) is 0 Å². The van der Waals surface area contributed by atoms with Crippen LogP contribution in [0.4, 0.5) is 11.4 Å². The smallest absolute Gasteiger partial charge is 0.337 e. The van der Waals surface area contributed by atoms with Gasteiger partial charge in [0.15, 0.2) is 0 Å². The Kier molecular flexibility index (Phi) is 3.95. The van der Waals surface area contributed by atoms with E-state index in [0.29, 0.717) is 11.1 Å². The fourth-order valence-corrected chi connectivity index (χ4v) is 4.06. The number of methoxy groups -OCH3 is 1. The Labute approximate surface area is 150 Å². The zero-order valence-electron chi connectivity index (χ0n) is 14.2. The summed E-state index contributed by atoms with van der Waals surface area (Å²) in [5, 5.41) is 14.9. The van der Waals surface area contributed by atoms with Gasteiger partial charge in [-0.1, -0.05) is 30.4 Å². The molecule has 2 aromatic carbocycles. The van der Waals surface area contributed by atoms with Crippen molar-refractivity contribution in [1.82, 2.24) is 0 Å². The number of hydrogen-bond donors (Lipinski definition) is 1. The van der Waals surface area contributed by atoms with Crippen molar-refractivity contribution in [2.45, 2.75) is 18.4 Å². The van der Waals surface area contributed by atoms with Crippen LogP contribution in [0.3, 0.4) is 0 Å². The van der Waals surface area contributed by atoms with E-state index in [9.17, 15) is 14.9 Å². The van der Waals surface area contributed by atoms with Crippen LogP contribution in [0.2, 0.25) is 0 Å². The summed E-state index contributed by atoms with van der Waals surface area (Å²) in [7, 11) is 1.36. The van der Waals surface area contributed by atoms with E-state index in [1.807, 2.05) is 24.3 Å². The Bertz CT molecular complexity index is 922. The van der Waals surface area contributed by atoms with Gasteiger partial charge >= 0.3 is 5.97 Å². The third kappa shape index (κ3) is 2.54. The van der Waals surface area contributed by atoms with Crippen molar-refractivity contribution < 1.29 is 14.5 Å². The maximum Gasteiger partial charge on any atom is 0.337 e. The molecule has 2 aromatic rings. The topological polar surface area (TPSA) is 81.5 Å². The Hall–Kier alpha value is -3.15. The highest BCUT2D eigenvalue weighted by Gasteiger charge is 2.40. The number of nitro benzene ring substituents is 1. The predicted molar refractivity (Wildman–Crippen MR) is 97.2 cm³/mol. The van der Waals surface area contributed by atoms with E-state index in [2.05, 4.69) is 17.5 Å². The van der Waals surface area contributed by atoms with Crippen molar-refractivity contribution in [2.24, 2.45) is 5.92 Å². The zero-order valence-corrected chi connectivity index (χ0v) is 14.2. The molecule has 1 aliphatic heterocycles. The third-order valence-corrected chi connectivity index (χ3v) is 5.25. The molecule has 1 N–H and O–H groups in total. The minimum absolute atomic E-state index is 0.112. The molecule has 0 aromatic heterocycles. The predicted octanol–water partition coefficient (Wildman–Crippen LogP) is 4.21. The highest BCUT2D eigenvalue weighted by Crippen LogP contribution is 2.51. The number of carbonyl (C=O) groups is 1. The maximum atomic E-state index is 11.9. The Morgan fingerprint density at radius 2 is 2.04 bits per heavy atom. The van der Waals surface area contributed by atoms with Crippen molar-refractivity contribution in [1.29, 1.82) is 0 Å². The minimum Gasteiger partial charge on any atom is -0.465 e. The number of para-hydroxylation sites is 1. The van der Waals surface area contributed by atoms with Crippen LogP contribution in [-0.4, -0.2) is 18.0 Å². The van der Waals surface area contributed by atoms with Crippen molar-refractivity contribution in [3.05, 3.63) is 81.4 Å². The molecule has 1 aliphatic carbocycles. The van der Waals surface area contributed by atoms with E-state index >= 15 is 0 Å². The first-order valence-electron chi connectivity index (χ1n) is 8.49. The van der Waals surface area contributed by atoms with Crippen LogP contribution in [0.15, 0.2) is 54.6 Å². The second-order valence-corrected chi connectivity index (χ2v) is 6.59. The number of fused-ring (bicyclic) bond motifs is 3. The molecule has 0 saturated carbocycles. The molecule has 0 saturated heterocycles. The van der Waals surface area contributed by atoms with Gasteiger partial charge in [-0.05, 0) is 36.1 Å². The third-order valence-electron chi connectivity index (χ3n) is 5.25. The van der Waals surface area contributed by atoms with Crippen LogP contribution in [0.1, 0.15) is 39.9 Å². The maximum absolute atomic E-state index is 11.9. The van der Waals surface area contributed by atoms with Gasteiger partial charge in [-0.15, -0.1) is 0 Å². The van der Waals surface area contributed by atoms with Crippen LogP contribution >= 0.6 is 0 Å². The summed E-state index contributed by atoms with van der Waals surface area (Å²) in [4.78, 5) is 23.0. The standard InChI is InChI=1S/C20H18N2O4/c1-26-20(23)12-9-10-17-16(11-12)13-6-4-7-14(13)19(21-17)15-5-2-3-8-18(15)22(24)25/h2-6,8-11,13-14,19,21H,7H2,1H3/t13-,14-,19+/m1/s1. The Morgan fingerprint density at radius 3 is 2.81 bits per heavy atom. The number of nitrogens with one attached hydrogen (secondary N) is 1. The molecule has 2 aliphatic rings. The first-order chi connectivity index (χ1) is 12.6. The van der Waals surface area contributed by atoms with Crippen LogP contribution in [-0.2, 0) is 4.74 Å². The van der Waals surface area contributed by atoms with Crippen molar-refractivity contribution in [2.75, 3.05) is 12.4 Å². The summed E-state index contributed by atoms with van der Waals surface area (Å²) in [5.41, 5.74) is 3.26. The van der Waals surface area contributed by atoms with Crippen molar-refractivity contribution in [3.8, 4) is 0 Å². The van der Waals surface area contributed by atoms with Gasteiger partial charge in [0.25, 0.3) is 5.69 Å². The molecular formula is C20H18N2O4. The quantitative estimate of drug-likeness (QED) is 0.388. The van der Waals surface area contributed by atoms with E-state index in [1.165, 1.54) is 7.11 Å². The van der Waals surface area contributed by atoms with Gasteiger partial charge in [-0.3, -0.25) is 10.1 Å². The number of hydrogen-bond acceptors (Lipinski definition) is 5. The molecule has 4 rings (SSSR count). The molecule has 0 amide bonds. The van der Waals surface area contributed by atoms with Gasteiger partial charge in [0.05, 0.1) is 29.2 Å². The van der Waals surface area contributed by atoms with Gasteiger partial charge in [-0.25, -0.2) is 4.79 Å². The molecule has 0 radical (unpaired) electrons. The summed E-state index contributed by atoms with van der Waals surface area (Å²) in [6.45, 7) is 0. The number of carbonyl (C=O) groups excluding carboxylic acids is 1. The fourth-order valence-electron chi connectivity index (χ4n) is 4.06. The lowest BCUT2D eigenvalue weighted by Crippen LogP contribution is -2.29. The fraction of sp³-hybridized carbons (Fsp3) is 0.250. The highest BCUT2D eigenvalue weighted by atomic mass is 16.6. The Balaban J connectivity index is 1.79. The van der Waals surface area contributed by atoms with Gasteiger partial charge in [0.2, 0.25) is 0 Å². The van der Waals surface area contributed by atoms with Gasteiger partial charge < -0.3 is 10.1 Å². The van der Waals surface area contributed by atoms with E-state index < -0.39 is 0 Å². The second kappa shape index (κ2) is 6.29. The summed E-state index contributed by atoms with van der Waals surface area (Å²) in [6.07, 6.45) is 5.07. The number of ether oxygens (including phenoxy) is 1. The highest BCUT2D eigenvalue weighted by molar-refractivity contribution is 5.90. The lowest BCUT2D eigenvalue weighted by atomic mass is 9.76. The van der Waals surface area contributed by atoms with Crippen molar-refractivity contribution in [3.63, 3.8) is 0 Å². The molecule has 6 heteroatoms. The molecular weight excluding hydrogens is 332 g/mol. The number of nitro groups is 1. The molecule has 6 nitrogen and oxygen atoms in total. The SMILES string of the molecule is COC(=O)c1ccc2c(c1)[C@@H]1C=CC[C@H]1[C@@H](c1ccccc1[N+](=O)[O-])N2. The number of anilines is 1. The second-order valence-electron chi connectivity index (χ2n) is 6.59. The van der Waals surface area contributed by atoms with Crippen LogP contribution < -0.4 is 5.32 Å². The number of allylic oxidation sites excluding steroid dienone is 2. The summed E-state index contributed by atoms with van der Waals surface area (Å²) in [5.74, 6) is -0.0932. The lowest BCUT2D eigenvalue weighted by molar-refractivity contribution is -0.385. The summed E-state index contributed by atoms with van der Waals surface area (Å²) < 4.78 is 4.82. The summed E-state index contributed by atoms with van der Waals surface area (Å²) >= 11 is 0. The molecule has 0 bridgehead atoms. The number of nitrogens with zero attached hydrogens (tertiary/aromatic N) is 1. The van der Waals surface area contributed by atoms with Gasteiger partial charge in [-0.2, -0.15) is 0 Å². The first kappa shape index (κ1) is 16.3. The largest absolute Gasteiger partial charge is 0.465 e. The van der Waals surface area contributed by atoms with E-state index in [1.54, 1.807) is 18.2 Å². The number of esters is 1. The molecule has 1 heterocycles. The first-order valence-corrected chi connectivity index (χ1v) is 8.49.